The minimum atomic E-state index is -4.44. The second-order valence-electron chi connectivity index (χ2n) is 6.26. The van der Waals surface area contributed by atoms with E-state index < -0.39 is 17.6 Å². The van der Waals surface area contributed by atoms with Crippen molar-refractivity contribution in [1.82, 2.24) is 4.72 Å². The summed E-state index contributed by atoms with van der Waals surface area (Å²) in [4.78, 5) is 13.3. The van der Waals surface area contributed by atoms with Gasteiger partial charge in [0.15, 0.2) is 0 Å². The van der Waals surface area contributed by atoms with E-state index in [-0.39, 0.29) is 5.69 Å². The number of rotatable bonds is 5. The average molecular weight is 380 g/mol. The Morgan fingerprint density at radius 3 is 2.50 bits per heavy atom. The van der Waals surface area contributed by atoms with Gasteiger partial charge in [-0.3, -0.25) is 9.52 Å². The van der Waals surface area contributed by atoms with E-state index in [1.807, 2.05) is 6.07 Å². The maximum absolute atomic E-state index is 12.8. The lowest BCUT2D eigenvalue weighted by atomic mass is 10.1. The Kier molecular flexibility index (Phi) is 5.88. The second-order valence-corrected chi connectivity index (χ2v) is 7.17. The first-order valence-corrected chi connectivity index (χ1v) is 9.24. The molecule has 7 heteroatoms. The maximum atomic E-state index is 12.8. The molecule has 0 aliphatic heterocycles. The molecule has 1 aliphatic rings. The summed E-state index contributed by atoms with van der Waals surface area (Å²) in [5.41, 5.74) is -0.270. The first-order chi connectivity index (χ1) is 12.4. The van der Waals surface area contributed by atoms with Gasteiger partial charge in [0.1, 0.15) is 0 Å². The van der Waals surface area contributed by atoms with E-state index in [2.05, 4.69) is 10.0 Å². The first-order valence-electron chi connectivity index (χ1n) is 8.43. The number of carbonyl (C=O) groups is 1. The van der Waals surface area contributed by atoms with Gasteiger partial charge in [-0.15, -0.1) is 0 Å². The van der Waals surface area contributed by atoms with Crippen LogP contribution in [0.2, 0.25) is 0 Å². The lowest BCUT2D eigenvalue weighted by Gasteiger charge is -2.12. The molecule has 1 aliphatic carbocycles. The highest BCUT2D eigenvalue weighted by Gasteiger charge is 2.30. The van der Waals surface area contributed by atoms with Gasteiger partial charge < -0.3 is 5.32 Å². The molecule has 2 aromatic carbocycles. The smallest absolute Gasteiger partial charge is 0.322 e. The fourth-order valence-electron chi connectivity index (χ4n) is 2.87. The van der Waals surface area contributed by atoms with E-state index in [1.54, 1.807) is 18.2 Å². The molecule has 3 nitrogen and oxygen atoms in total. The van der Waals surface area contributed by atoms with Crippen LogP contribution in [0.5, 0.6) is 0 Å². The predicted octanol–water partition coefficient (Wildman–Crippen LogP) is 5.50. The minimum Gasteiger partial charge on any atom is -0.322 e. The van der Waals surface area contributed by atoms with Crippen molar-refractivity contribution in [2.45, 2.75) is 42.8 Å². The third-order valence-electron chi connectivity index (χ3n) is 4.24. The van der Waals surface area contributed by atoms with Crippen molar-refractivity contribution in [1.29, 1.82) is 0 Å². The Bertz CT molecular complexity index is 773. The zero-order valence-electron chi connectivity index (χ0n) is 14.0. The summed E-state index contributed by atoms with van der Waals surface area (Å²) in [6, 6.07) is 12.1. The standard InChI is InChI=1S/C19H19F3N2OS/c20-19(21,22)14-6-4-9-16(12-14)23-18(25)13-5-3-10-17(11-13)26-24-15-7-1-2-8-15/h3-6,9-12,15,24H,1-2,7-8H2,(H,23,25). The molecule has 1 saturated carbocycles. The van der Waals surface area contributed by atoms with Crippen molar-refractivity contribution in [3.8, 4) is 0 Å². The molecule has 1 fully saturated rings. The van der Waals surface area contributed by atoms with Crippen LogP contribution < -0.4 is 10.0 Å². The normalized spacial score (nSPS) is 15.2. The Balaban J connectivity index is 1.65. The lowest BCUT2D eigenvalue weighted by molar-refractivity contribution is -0.137. The van der Waals surface area contributed by atoms with Gasteiger partial charge in [-0.25, -0.2) is 0 Å². The van der Waals surface area contributed by atoms with Crippen LogP contribution in [0.15, 0.2) is 53.4 Å². The van der Waals surface area contributed by atoms with Crippen LogP contribution >= 0.6 is 11.9 Å². The summed E-state index contributed by atoms with van der Waals surface area (Å²) in [5, 5.41) is 2.53. The highest BCUT2D eigenvalue weighted by atomic mass is 32.2. The quantitative estimate of drug-likeness (QED) is 0.673. The number of halogens is 3. The van der Waals surface area contributed by atoms with Crippen LogP contribution in [0.4, 0.5) is 18.9 Å². The van der Waals surface area contributed by atoms with Gasteiger partial charge in [0.25, 0.3) is 5.91 Å². The molecule has 138 valence electrons. The summed E-state index contributed by atoms with van der Waals surface area (Å²) < 4.78 is 41.7. The Labute approximate surface area is 154 Å². The van der Waals surface area contributed by atoms with Crippen molar-refractivity contribution in [3.63, 3.8) is 0 Å². The van der Waals surface area contributed by atoms with Crippen LogP contribution in [0, 0.1) is 0 Å². The third-order valence-corrected chi connectivity index (χ3v) is 5.18. The number of hydrogen-bond donors (Lipinski definition) is 2. The van der Waals surface area contributed by atoms with Gasteiger partial charge in [0.2, 0.25) is 0 Å². The van der Waals surface area contributed by atoms with Crippen molar-refractivity contribution < 1.29 is 18.0 Å². The van der Waals surface area contributed by atoms with Crippen molar-refractivity contribution in [2.24, 2.45) is 0 Å². The molecule has 1 amide bonds. The molecule has 0 bridgehead atoms. The summed E-state index contributed by atoms with van der Waals surface area (Å²) in [6.07, 6.45) is 0.337. The van der Waals surface area contributed by atoms with Crippen molar-refractivity contribution >= 4 is 23.5 Å². The fourth-order valence-corrected chi connectivity index (χ4v) is 3.74. The average Bonchev–Trinajstić information content (AvgIpc) is 3.13. The molecule has 0 spiro atoms. The number of carbonyl (C=O) groups excluding carboxylic acids is 1. The predicted molar refractivity (Wildman–Crippen MR) is 97.1 cm³/mol. The number of alkyl halides is 3. The number of anilines is 1. The summed E-state index contributed by atoms with van der Waals surface area (Å²) in [6.45, 7) is 0. The van der Waals surface area contributed by atoms with Gasteiger partial charge in [-0.2, -0.15) is 13.2 Å². The molecule has 0 saturated heterocycles. The van der Waals surface area contributed by atoms with E-state index >= 15 is 0 Å². The maximum Gasteiger partial charge on any atom is 0.416 e. The summed E-state index contributed by atoms with van der Waals surface area (Å²) in [5.74, 6) is -0.437. The van der Waals surface area contributed by atoms with E-state index in [9.17, 15) is 18.0 Å². The monoisotopic (exact) mass is 380 g/mol. The number of hydrogen-bond acceptors (Lipinski definition) is 3. The molecule has 26 heavy (non-hydrogen) atoms. The van der Waals surface area contributed by atoms with Gasteiger partial charge >= 0.3 is 6.18 Å². The van der Waals surface area contributed by atoms with Crippen LogP contribution in [0.1, 0.15) is 41.6 Å². The third kappa shape index (κ3) is 5.02. The van der Waals surface area contributed by atoms with Crippen LogP contribution in [-0.4, -0.2) is 11.9 Å². The lowest BCUT2D eigenvalue weighted by Crippen LogP contribution is -2.18. The van der Waals surface area contributed by atoms with Crippen LogP contribution in [0.3, 0.4) is 0 Å². The molecule has 0 unspecified atom stereocenters. The van der Waals surface area contributed by atoms with E-state index in [0.717, 1.165) is 29.9 Å². The van der Waals surface area contributed by atoms with Crippen LogP contribution in [0.25, 0.3) is 0 Å². The SMILES string of the molecule is O=C(Nc1cccc(C(F)(F)F)c1)c1cccc(SNC2CCCC2)c1. The Morgan fingerprint density at radius 1 is 1.04 bits per heavy atom. The van der Waals surface area contributed by atoms with E-state index in [4.69, 9.17) is 0 Å². The van der Waals surface area contributed by atoms with Crippen LogP contribution in [-0.2, 0) is 6.18 Å². The molecule has 2 N–H and O–H groups in total. The largest absolute Gasteiger partial charge is 0.416 e. The highest BCUT2D eigenvalue weighted by Crippen LogP contribution is 2.31. The second kappa shape index (κ2) is 8.14. The topological polar surface area (TPSA) is 41.1 Å². The zero-order valence-corrected chi connectivity index (χ0v) is 14.8. The van der Waals surface area contributed by atoms with E-state index in [0.29, 0.717) is 11.6 Å². The number of amides is 1. The fraction of sp³-hybridized carbons (Fsp3) is 0.316. The Morgan fingerprint density at radius 2 is 1.77 bits per heavy atom. The van der Waals surface area contributed by atoms with Gasteiger partial charge in [-0.05, 0) is 61.2 Å². The Hall–Kier alpha value is -1.99. The molecular formula is C19H19F3N2OS. The molecule has 3 rings (SSSR count). The van der Waals surface area contributed by atoms with Crippen molar-refractivity contribution in [2.75, 3.05) is 5.32 Å². The molecular weight excluding hydrogens is 361 g/mol. The molecule has 0 radical (unpaired) electrons. The minimum absolute atomic E-state index is 0.118. The number of benzene rings is 2. The molecule has 0 heterocycles. The summed E-state index contributed by atoms with van der Waals surface area (Å²) >= 11 is 1.48. The van der Waals surface area contributed by atoms with Gasteiger partial charge in [0, 0.05) is 22.2 Å². The van der Waals surface area contributed by atoms with Gasteiger partial charge in [0.05, 0.1) is 5.56 Å². The van der Waals surface area contributed by atoms with E-state index in [1.165, 1.54) is 36.9 Å². The van der Waals surface area contributed by atoms with Crippen molar-refractivity contribution in [3.05, 3.63) is 59.7 Å². The highest BCUT2D eigenvalue weighted by molar-refractivity contribution is 7.97. The summed E-state index contributed by atoms with van der Waals surface area (Å²) in [7, 11) is 0. The molecule has 2 aromatic rings. The van der Waals surface area contributed by atoms with Gasteiger partial charge in [-0.1, -0.05) is 25.0 Å². The zero-order chi connectivity index (χ0) is 18.6. The first kappa shape index (κ1) is 18.8. The molecule has 0 aromatic heterocycles. The molecule has 0 atom stereocenters. The number of nitrogens with one attached hydrogen (secondary N) is 2.